The third kappa shape index (κ3) is 3.81. The molecule has 0 radical (unpaired) electrons. The van der Waals surface area contributed by atoms with Crippen LogP contribution in [0.25, 0.3) is 5.69 Å². The number of amides is 1. The van der Waals surface area contributed by atoms with Crippen molar-refractivity contribution in [2.75, 3.05) is 11.4 Å². The van der Waals surface area contributed by atoms with Crippen LogP contribution in [0.1, 0.15) is 59.4 Å². The Hall–Kier alpha value is -2.63. The summed E-state index contributed by atoms with van der Waals surface area (Å²) in [5, 5.41) is 14.0. The van der Waals surface area contributed by atoms with E-state index in [9.17, 15) is 14.7 Å². The Balaban J connectivity index is 1.95. The summed E-state index contributed by atoms with van der Waals surface area (Å²) >= 11 is 0. The van der Waals surface area contributed by atoms with Crippen molar-refractivity contribution in [1.82, 2.24) is 9.78 Å². The summed E-state index contributed by atoms with van der Waals surface area (Å²) in [6.07, 6.45) is 0.0549. The molecule has 0 bridgehead atoms. The van der Waals surface area contributed by atoms with Crippen molar-refractivity contribution in [3.63, 3.8) is 0 Å². The molecule has 1 amide bonds. The number of nitrogens with zero attached hydrogens (tertiary/aromatic N) is 3. The molecule has 2 heterocycles. The first-order chi connectivity index (χ1) is 12.9. The van der Waals surface area contributed by atoms with Crippen LogP contribution in [0.5, 0.6) is 0 Å². The quantitative estimate of drug-likeness (QED) is 0.872. The number of anilines is 1. The number of rotatable bonds is 3. The number of hydrogen-bond donors (Lipinski definition) is 1. The molecular weight excluding hydrogens is 354 g/mol. The molecule has 1 fully saturated rings. The highest BCUT2D eigenvalue weighted by atomic mass is 16.4. The summed E-state index contributed by atoms with van der Waals surface area (Å²) in [4.78, 5) is 24.9. The topological polar surface area (TPSA) is 75.4 Å². The molecule has 150 valence electrons. The van der Waals surface area contributed by atoms with Crippen LogP contribution in [0.4, 0.5) is 5.69 Å². The number of aromatic nitrogens is 2. The van der Waals surface area contributed by atoms with Gasteiger partial charge in [0.2, 0.25) is 5.91 Å². The summed E-state index contributed by atoms with van der Waals surface area (Å²) < 4.78 is 1.97. The van der Waals surface area contributed by atoms with Crippen LogP contribution in [-0.4, -0.2) is 33.3 Å². The molecule has 1 aliphatic rings. The molecule has 1 aromatic heterocycles. The molecule has 0 saturated carbocycles. The molecule has 6 heteroatoms. The van der Waals surface area contributed by atoms with E-state index in [2.05, 4.69) is 47.6 Å². The van der Waals surface area contributed by atoms with Crippen molar-refractivity contribution in [3.05, 3.63) is 41.7 Å². The fourth-order valence-corrected chi connectivity index (χ4v) is 3.37. The minimum absolute atomic E-state index is 0.0549. The predicted octanol–water partition coefficient (Wildman–Crippen LogP) is 3.90. The normalized spacial score (nSPS) is 18.0. The van der Waals surface area contributed by atoms with E-state index in [1.165, 1.54) is 0 Å². The van der Waals surface area contributed by atoms with Crippen molar-refractivity contribution in [2.45, 2.75) is 58.8 Å². The van der Waals surface area contributed by atoms with E-state index < -0.39 is 11.9 Å². The monoisotopic (exact) mass is 383 g/mol. The van der Waals surface area contributed by atoms with Crippen LogP contribution < -0.4 is 4.90 Å². The van der Waals surface area contributed by atoms with Gasteiger partial charge in [0.25, 0.3) is 0 Å². The Labute approximate surface area is 166 Å². The maximum atomic E-state index is 12.2. The van der Waals surface area contributed by atoms with Gasteiger partial charge in [-0.05, 0) is 30.3 Å². The first-order valence-corrected chi connectivity index (χ1v) is 9.62. The summed E-state index contributed by atoms with van der Waals surface area (Å²) in [7, 11) is 0. The molecule has 0 spiro atoms. The van der Waals surface area contributed by atoms with Crippen molar-refractivity contribution in [2.24, 2.45) is 5.92 Å². The average molecular weight is 383 g/mol. The third-order valence-corrected chi connectivity index (χ3v) is 5.13. The number of aliphatic carboxylic acids is 1. The van der Waals surface area contributed by atoms with Crippen LogP contribution in [0.15, 0.2) is 30.3 Å². The number of carboxylic acid groups (broad SMARTS) is 1. The molecule has 1 N–H and O–H groups in total. The summed E-state index contributed by atoms with van der Waals surface area (Å²) in [5.74, 6) is -1.71. The fraction of sp³-hybridized carbons (Fsp3) is 0.500. The molecule has 3 rings (SSSR count). The second-order valence-corrected chi connectivity index (χ2v) is 9.59. The molecule has 1 aliphatic heterocycles. The molecule has 28 heavy (non-hydrogen) atoms. The van der Waals surface area contributed by atoms with Gasteiger partial charge in [-0.15, -0.1) is 0 Å². The maximum Gasteiger partial charge on any atom is 0.308 e. The minimum Gasteiger partial charge on any atom is -0.481 e. The van der Waals surface area contributed by atoms with Crippen LogP contribution >= 0.6 is 0 Å². The van der Waals surface area contributed by atoms with E-state index in [-0.39, 0.29) is 29.7 Å². The molecule has 6 nitrogen and oxygen atoms in total. The average Bonchev–Trinajstić information content (AvgIpc) is 3.18. The second-order valence-electron chi connectivity index (χ2n) is 9.59. The lowest BCUT2D eigenvalue weighted by Crippen LogP contribution is -2.25. The first-order valence-electron chi connectivity index (χ1n) is 9.62. The Morgan fingerprint density at radius 1 is 1.04 bits per heavy atom. The molecular formula is C22H29N3O3. The number of carboxylic acids is 1. The van der Waals surface area contributed by atoms with Crippen molar-refractivity contribution < 1.29 is 14.7 Å². The van der Waals surface area contributed by atoms with Gasteiger partial charge in [-0.25, -0.2) is 4.68 Å². The van der Waals surface area contributed by atoms with Gasteiger partial charge in [0.15, 0.2) is 0 Å². The van der Waals surface area contributed by atoms with Crippen LogP contribution in [-0.2, 0) is 20.4 Å². The lowest BCUT2D eigenvalue weighted by Gasteiger charge is -2.21. The Kier molecular flexibility index (Phi) is 4.86. The number of benzene rings is 1. The third-order valence-electron chi connectivity index (χ3n) is 5.13. The van der Waals surface area contributed by atoms with E-state index in [4.69, 9.17) is 5.10 Å². The van der Waals surface area contributed by atoms with Crippen molar-refractivity contribution in [1.29, 1.82) is 0 Å². The predicted molar refractivity (Wildman–Crippen MR) is 109 cm³/mol. The van der Waals surface area contributed by atoms with Gasteiger partial charge >= 0.3 is 5.97 Å². The standard InChI is InChI=1S/C22H29N3O3/c1-21(2,3)17-12-18(22(4,5)6)25(23-17)16-9-7-15(8-10-16)24-13-14(20(27)28)11-19(24)26/h7-10,12,14H,11,13H2,1-6H3,(H,27,28)/t14-/m0/s1. The highest BCUT2D eigenvalue weighted by molar-refractivity contribution is 5.99. The maximum absolute atomic E-state index is 12.2. The van der Waals surface area contributed by atoms with Gasteiger partial charge in [-0.3, -0.25) is 9.59 Å². The molecule has 1 saturated heterocycles. The number of carbonyl (C=O) groups is 2. The Morgan fingerprint density at radius 3 is 2.07 bits per heavy atom. The zero-order chi connectivity index (χ0) is 20.9. The zero-order valence-electron chi connectivity index (χ0n) is 17.5. The SMILES string of the molecule is CC(C)(C)c1cc(C(C)(C)C)n(-c2ccc(N3C[C@@H](C(=O)O)CC3=O)cc2)n1. The Bertz CT molecular complexity index is 899. The van der Waals surface area contributed by atoms with Crippen molar-refractivity contribution in [3.8, 4) is 5.69 Å². The van der Waals surface area contributed by atoms with Gasteiger partial charge < -0.3 is 10.0 Å². The van der Waals surface area contributed by atoms with E-state index in [0.717, 1.165) is 22.8 Å². The van der Waals surface area contributed by atoms with Gasteiger partial charge in [0, 0.05) is 35.2 Å². The fourth-order valence-electron chi connectivity index (χ4n) is 3.37. The molecule has 1 atom stereocenters. The van der Waals surface area contributed by atoms with Crippen LogP contribution in [0, 0.1) is 5.92 Å². The summed E-state index contributed by atoms with van der Waals surface area (Å²) in [6.45, 7) is 13.1. The molecule has 1 aromatic carbocycles. The lowest BCUT2D eigenvalue weighted by molar-refractivity contribution is -0.141. The van der Waals surface area contributed by atoms with Gasteiger partial charge in [-0.1, -0.05) is 41.5 Å². The van der Waals surface area contributed by atoms with E-state index in [0.29, 0.717) is 0 Å². The molecule has 0 aliphatic carbocycles. The lowest BCUT2D eigenvalue weighted by atomic mass is 9.88. The minimum atomic E-state index is -0.923. The van der Waals surface area contributed by atoms with Gasteiger partial charge in [0.1, 0.15) is 0 Å². The zero-order valence-corrected chi connectivity index (χ0v) is 17.5. The van der Waals surface area contributed by atoms with Gasteiger partial charge in [-0.2, -0.15) is 5.10 Å². The molecule has 0 unspecified atom stereocenters. The highest BCUT2D eigenvalue weighted by Gasteiger charge is 2.35. The smallest absolute Gasteiger partial charge is 0.308 e. The summed E-state index contributed by atoms with van der Waals surface area (Å²) in [5.41, 5.74) is 3.66. The Morgan fingerprint density at radius 2 is 1.61 bits per heavy atom. The van der Waals surface area contributed by atoms with Gasteiger partial charge in [0.05, 0.1) is 17.3 Å². The van der Waals surface area contributed by atoms with Crippen LogP contribution in [0.3, 0.4) is 0 Å². The second kappa shape index (κ2) is 6.76. The summed E-state index contributed by atoms with van der Waals surface area (Å²) in [6, 6.07) is 9.76. The highest BCUT2D eigenvalue weighted by Crippen LogP contribution is 2.32. The molecule has 2 aromatic rings. The number of carbonyl (C=O) groups excluding carboxylic acids is 1. The van der Waals surface area contributed by atoms with E-state index >= 15 is 0 Å². The van der Waals surface area contributed by atoms with E-state index in [1.807, 2.05) is 28.9 Å². The van der Waals surface area contributed by atoms with Crippen LogP contribution in [0.2, 0.25) is 0 Å². The van der Waals surface area contributed by atoms with E-state index in [1.54, 1.807) is 4.90 Å². The van der Waals surface area contributed by atoms with Crippen molar-refractivity contribution >= 4 is 17.6 Å². The largest absolute Gasteiger partial charge is 0.481 e. The number of hydrogen-bond acceptors (Lipinski definition) is 3. The first kappa shape index (κ1) is 20.1.